The quantitative estimate of drug-likeness (QED) is 0.679. The molecular formula is C11H13FO2. The van der Waals surface area contributed by atoms with Gasteiger partial charge >= 0.3 is 5.97 Å². The van der Waals surface area contributed by atoms with Gasteiger partial charge in [0.1, 0.15) is 5.82 Å². The molecule has 0 aromatic heterocycles. The Hall–Kier alpha value is -1.38. The molecule has 0 saturated carbocycles. The van der Waals surface area contributed by atoms with E-state index in [9.17, 15) is 9.18 Å². The number of ether oxygens (including phenoxy) is 1. The molecule has 0 aliphatic carbocycles. The summed E-state index contributed by atoms with van der Waals surface area (Å²) in [5, 5.41) is 0. The minimum atomic E-state index is -0.477. The molecule has 0 heterocycles. The topological polar surface area (TPSA) is 26.3 Å². The summed E-state index contributed by atoms with van der Waals surface area (Å²) in [6.45, 7) is 5.46. The van der Waals surface area contributed by atoms with Gasteiger partial charge in [-0.25, -0.2) is 9.18 Å². The summed E-state index contributed by atoms with van der Waals surface area (Å²) in [6.07, 6.45) is 0. The summed E-state index contributed by atoms with van der Waals surface area (Å²) >= 11 is 0. The van der Waals surface area contributed by atoms with Crippen molar-refractivity contribution in [2.45, 2.75) is 20.8 Å². The fourth-order valence-electron chi connectivity index (χ4n) is 1.15. The number of benzene rings is 1. The predicted molar refractivity (Wildman–Crippen MR) is 51.8 cm³/mol. The monoisotopic (exact) mass is 196 g/mol. The zero-order chi connectivity index (χ0) is 10.7. The molecule has 0 amide bonds. The van der Waals surface area contributed by atoms with E-state index in [0.717, 1.165) is 5.56 Å². The van der Waals surface area contributed by atoms with Crippen molar-refractivity contribution in [2.75, 3.05) is 6.61 Å². The second kappa shape index (κ2) is 4.22. The number of halogens is 1. The summed E-state index contributed by atoms with van der Waals surface area (Å²) in [4.78, 5) is 11.3. The van der Waals surface area contributed by atoms with Crippen LogP contribution >= 0.6 is 0 Å². The van der Waals surface area contributed by atoms with Gasteiger partial charge in [0, 0.05) is 0 Å². The van der Waals surface area contributed by atoms with E-state index in [2.05, 4.69) is 0 Å². The van der Waals surface area contributed by atoms with Crippen molar-refractivity contribution in [3.63, 3.8) is 0 Å². The molecule has 0 bridgehead atoms. The van der Waals surface area contributed by atoms with Crippen LogP contribution in [0.3, 0.4) is 0 Å². The molecule has 3 heteroatoms. The zero-order valence-corrected chi connectivity index (χ0v) is 8.56. The molecule has 2 nitrogen and oxygen atoms in total. The van der Waals surface area contributed by atoms with Crippen LogP contribution in [0.5, 0.6) is 0 Å². The lowest BCUT2D eigenvalue weighted by atomic mass is 10.1. The van der Waals surface area contributed by atoms with E-state index in [0.29, 0.717) is 12.2 Å². The number of carbonyl (C=O) groups excluding carboxylic acids is 1. The molecule has 0 aliphatic heterocycles. The maximum atomic E-state index is 13.2. The lowest BCUT2D eigenvalue weighted by molar-refractivity contribution is 0.0525. The molecule has 0 unspecified atom stereocenters. The average molecular weight is 196 g/mol. The van der Waals surface area contributed by atoms with E-state index in [1.165, 1.54) is 6.07 Å². The van der Waals surface area contributed by atoms with Crippen molar-refractivity contribution in [2.24, 2.45) is 0 Å². The van der Waals surface area contributed by atoms with E-state index in [1.807, 2.05) is 0 Å². The highest BCUT2D eigenvalue weighted by atomic mass is 19.1. The van der Waals surface area contributed by atoms with Crippen molar-refractivity contribution in [1.82, 2.24) is 0 Å². The van der Waals surface area contributed by atoms with Crippen molar-refractivity contribution in [3.05, 3.63) is 34.6 Å². The van der Waals surface area contributed by atoms with E-state index in [-0.39, 0.29) is 11.4 Å². The first-order valence-electron chi connectivity index (χ1n) is 4.50. The lowest BCUT2D eigenvalue weighted by Gasteiger charge is -2.06. The largest absolute Gasteiger partial charge is 0.462 e. The van der Waals surface area contributed by atoms with Crippen LogP contribution in [-0.2, 0) is 4.74 Å². The molecule has 0 saturated heterocycles. The predicted octanol–water partition coefficient (Wildman–Crippen LogP) is 2.62. The average Bonchev–Trinajstić information content (AvgIpc) is 2.13. The highest BCUT2D eigenvalue weighted by Crippen LogP contribution is 2.15. The Morgan fingerprint density at radius 3 is 2.57 bits per heavy atom. The minimum Gasteiger partial charge on any atom is -0.462 e. The maximum absolute atomic E-state index is 13.2. The highest BCUT2D eigenvalue weighted by Gasteiger charge is 2.10. The molecule has 14 heavy (non-hydrogen) atoms. The highest BCUT2D eigenvalue weighted by molar-refractivity contribution is 5.89. The van der Waals surface area contributed by atoms with E-state index < -0.39 is 5.97 Å². The van der Waals surface area contributed by atoms with Gasteiger partial charge in [0.2, 0.25) is 0 Å². The van der Waals surface area contributed by atoms with Crippen LogP contribution in [0, 0.1) is 19.7 Å². The Kier molecular flexibility index (Phi) is 3.23. The first-order chi connectivity index (χ1) is 6.56. The van der Waals surface area contributed by atoms with Gasteiger partial charge in [-0.1, -0.05) is 0 Å². The second-order valence-electron chi connectivity index (χ2n) is 3.12. The van der Waals surface area contributed by atoms with Gasteiger partial charge in [-0.15, -0.1) is 0 Å². The van der Waals surface area contributed by atoms with E-state index >= 15 is 0 Å². The van der Waals surface area contributed by atoms with Gasteiger partial charge in [0.15, 0.2) is 0 Å². The van der Waals surface area contributed by atoms with E-state index in [4.69, 9.17) is 4.74 Å². The zero-order valence-electron chi connectivity index (χ0n) is 8.56. The third kappa shape index (κ3) is 2.10. The summed E-state index contributed by atoms with van der Waals surface area (Å²) < 4.78 is 18.0. The van der Waals surface area contributed by atoms with Crippen LogP contribution in [0.15, 0.2) is 12.1 Å². The molecule has 0 N–H and O–H groups in total. The van der Waals surface area contributed by atoms with Crippen molar-refractivity contribution < 1.29 is 13.9 Å². The standard InChI is InChI=1S/C11H13FO2/c1-4-14-11(13)9-5-7(2)8(3)10(12)6-9/h5-6H,4H2,1-3H3. The van der Waals surface area contributed by atoms with Crippen LogP contribution in [-0.4, -0.2) is 12.6 Å². The normalized spacial score (nSPS) is 10.0. The number of rotatable bonds is 2. The number of aryl methyl sites for hydroxylation is 1. The van der Waals surface area contributed by atoms with Gasteiger partial charge < -0.3 is 4.74 Å². The molecule has 0 aliphatic rings. The Labute approximate surface area is 82.7 Å². The Balaban J connectivity index is 3.06. The van der Waals surface area contributed by atoms with Crippen molar-refractivity contribution >= 4 is 5.97 Å². The Bertz CT molecular complexity index is 335. The van der Waals surface area contributed by atoms with Gasteiger partial charge in [0.25, 0.3) is 0 Å². The molecule has 0 atom stereocenters. The SMILES string of the molecule is CCOC(=O)c1cc(C)c(C)c(F)c1. The third-order valence-corrected chi connectivity index (χ3v) is 2.12. The molecule has 76 valence electrons. The third-order valence-electron chi connectivity index (χ3n) is 2.12. The first-order valence-corrected chi connectivity index (χ1v) is 4.50. The number of esters is 1. The van der Waals surface area contributed by atoms with Crippen LogP contribution in [0.4, 0.5) is 4.39 Å². The number of carbonyl (C=O) groups is 1. The molecule has 1 rings (SSSR count). The molecule has 1 aromatic rings. The van der Waals surface area contributed by atoms with E-state index in [1.54, 1.807) is 26.8 Å². The minimum absolute atomic E-state index is 0.271. The van der Waals surface area contributed by atoms with Gasteiger partial charge in [0.05, 0.1) is 12.2 Å². The molecule has 1 aromatic carbocycles. The summed E-state index contributed by atoms with van der Waals surface area (Å²) in [5.74, 6) is -0.845. The van der Waals surface area contributed by atoms with Gasteiger partial charge in [-0.3, -0.25) is 0 Å². The second-order valence-corrected chi connectivity index (χ2v) is 3.12. The lowest BCUT2D eigenvalue weighted by Crippen LogP contribution is -2.06. The molecule has 0 spiro atoms. The Morgan fingerprint density at radius 1 is 1.43 bits per heavy atom. The van der Waals surface area contributed by atoms with Crippen LogP contribution < -0.4 is 0 Å². The van der Waals surface area contributed by atoms with Crippen molar-refractivity contribution in [3.8, 4) is 0 Å². The summed E-state index contributed by atoms with van der Waals surface area (Å²) in [6, 6.07) is 2.84. The fraction of sp³-hybridized carbons (Fsp3) is 0.364. The van der Waals surface area contributed by atoms with Crippen LogP contribution in [0.1, 0.15) is 28.4 Å². The van der Waals surface area contributed by atoms with Crippen LogP contribution in [0.25, 0.3) is 0 Å². The van der Waals surface area contributed by atoms with Gasteiger partial charge in [-0.05, 0) is 44.0 Å². The molecule has 0 radical (unpaired) electrons. The van der Waals surface area contributed by atoms with Crippen molar-refractivity contribution in [1.29, 1.82) is 0 Å². The van der Waals surface area contributed by atoms with Gasteiger partial charge in [-0.2, -0.15) is 0 Å². The number of hydrogen-bond acceptors (Lipinski definition) is 2. The maximum Gasteiger partial charge on any atom is 0.338 e. The Morgan fingerprint density at radius 2 is 2.07 bits per heavy atom. The smallest absolute Gasteiger partial charge is 0.338 e. The first kappa shape index (κ1) is 10.7. The summed E-state index contributed by atoms with van der Waals surface area (Å²) in [5.41, 5.74) is 1.60. The molecular weight excluding hydrogens is 183 g/mol. The van der Waals surface area contributed by atoms with Crippen LogP contribution in [0.2, 0.25) is 0 Å². The number of hydrogen-bond donors (Lipinski definition) is 0. The fourth-order valence-corrected chi connectivity index (χ4v) is 1.15. The molecule has 0 fully saturated rings. The summed E-state index contributed by atoms with van der Waals surface area (Å²) in [7, 11) is 0.